The molecule has 0 aliphatic rings. The third kappa shape index (κ3) is 7.56. The number of rotatable bonds is 13. The summed E-state index contributed by atoms with van der Waals surface area (Å²) in [5.74, 6) is -0.521. The smallest absolute Gasteiger partial charge is 0.193 e. The van der Waals surface area contributed by atoms with E-state index in [-0.39, 0.29) is 11.5 Å². The highest BCUT2D eigenvalue weighted by Gasteiger charge is 2.12. The van der Waals surface area contributed by atoms with Crippen LogP contribution in [-0.2, 0) is 0 Å². The Hall–Kier alpha value is -1.98. The van der Waals surface area contributed by atoms with E-state index in [0.717, 1.165) is 49.7 Å². The van der Waals surface area contributed by atoms with Gasteiger partial charge >= 0.3 is 0 Å². The van der Waals surface area contributed by atoms with Crippen molar-refractivity contribution in [1.82, 2.24) is 5.32 Å². The molecule has 2 rings (SSSR count). The Bertz CT molecular complexity index is 762. The van der Waals surface area contributed by atoms with Crippen LogP contribution in [0.25, 0.3) is 0 Å². The summed E-state index contributed by atoms with van der Waals surface area (Å²) < 4.78 is 20.7. The number of carbonyl (C=O) groups excluding carboxylic acids is 1. The molecule has 0 amide bonds. The molecule has 2 aromatic rings. The molecule has 0 saturated carbocycles. The van der Waals surface area contributed by atoms with Crippen molar-refractivity contribution >= 4 is 21.7 Å². The molecule has 0 atom stereocenters. The number of ketones is 1. The number of unbranched alkanes of at least 4 members (excludes halogenated alkanes) is 3. The lowest BCUT2D eigenvalue weighted by molar-refractivity contribution is 0.103. The zero-order valence-electron chi connectivity index (χ0n) is 16.1. The highest BCUT2D eigenvalue weighted by molar-refractivity contribution is 9.10. The van der Waals surface area contributed by atoms with Crippen LogP contribution in [0.15, 0.2) is 59.6 Å². The molecular formula is C23H27BrFNO2. The molecule has 0 saturated heterocycles. The maximum Gasteiger partial charge on any atom is 0.193 e. The summed E-state index contributed by atoms with van der Waals surface area (Å²) in [5, 5.41) is 3.36. The SMILES string of the molecule is C=CCCNCCCCCCOc1ccc(C(=O)c2ccc(Br)cc2)cc1F. The predicted octanol–water partition coefficient (Wildman–Crippen LogP) is 5.92. The highest BCUT2D eigenvalue weighted by atomic mass is 79.9. The van der Waals surface area contributed by atoms with Gasteiger partial charge in [-0.15, -0.1) is 6.58 Å². The normalized spacial score (nSPS) is 10.6. The van der Waals surface area contributed by atoms with Crippen molar-refractivity contribution in [3.8, 4) is 5.75 Å². The Morgan fingerprint density at radius 3 is 2.46 bits per heavy atom. The van der Waals surface area contributed by atoms with Gasteiger partial charge in [0.25, 0.3) is 0 Å². The fourth-order valence-electron chi connectivity index (χ4n) is 2.74. The first kappa shape index (κ1) is 22.3. The summed E-state index contributed by atoms with van der Waals surface area (Å²) in [4.78, 5) is 12.4. The number of benzene rings is 2. The van der Waals surface area contributed by atoms with Gasteiger partial charge in [-0.2, -0.15) is 0 Å². The van der Waals surface area contributed by atoms with E-state index in [0.29, 0.717) is 17.7 Å². The van der Waals surface area contributed by atoms with Crippen molar-refractivity contribution < 1.29 is 13.9 Å². The van der Waals surface area contributed by atoms with Crippen LogP contribution >= 0.6 is 15.9 Å². The highest BCUT2D eigenvalue weighted by Crippen LogP contribution is 2.21. The van der Waals surface area contributed by atoms with Crippen LogP contribution in [0.5, 0.6) is 5.75 Å². The van der Waals surface area contributed by atoms with E-state index in [9.17, 15) is 9.18 Å². The van der Waals surface area contributed by atoms with Crippen LogP contribution < -0.4 is 10.1 Å². The second-order valence-electron chi connectivity index (χ2n) is 6.57. The van der Waals surface area contributed by atoms with E-state index in [4.69, 9.17) is 4.74 Å². The second kappa shape index (κ2) is 12.5. The van der Waals surface area contributed by atoms with E-state index in [1.54, 1.807) is 30.3 Å². The molecule has 0 aliphatic heterocycles. The van der Waals surface area contributed by atoms with Crippen LogP contribution in [0.3, 0.4) is 0 Å². The summed E-state index contributed by atoms with van der Waals surface area (Å²) in [6.07, 6.45) is 7.07. The second-order valence-corrected chi connectivity index (χ2v) is 7.49. The third-order valence-electron chi connectivity index (χ3n) is 4.33. The lowest BCUT2D eigenvalue weighted by Crippen LogP contribution is -2.15. The number of carbonyl (C=O) groups is 1. The van der Waals surface area contributed by atoms with Gasteiger partial charge in [0.2, 0.25) is 0 Å². The number of ether oxygens (including phenoxy) is 1. The first-order valence-electron chi connectivity index (χ1n) is 9.66. The molecule has 0 bridgehead atoms. The summed E-state index contributed by atoms with van der Waals surface area (Å²) in [7, 11) is 0. The lowest BCUT2D eigenvalue weighted by atomic mass is 10.0. The van der Waals surface area contributed by atoms with Crippen molar-refractivity contribution in [2.45, 2.75) is 32.1 Å². The summed E-state index contributed by atoms with van der Waals surface area (Å²) in [5.41, 5.74) is 0.839. The van der Waals surface area contributed by atoms with Gasteiger partial charge in [0, 0.05) is 15.6 Å². The van der Waals surface area contributed by atoms with Gasteiger partial charge in [0.1, 0.15) is 0 Å². The number of nitrogens with one attached hydrogen (secondary N) is 1. The summed E-state index contributed by atoms with van der Waals surface area (Å²) in [6.45, 7) is 6.15. The van der Waals surface area contributed by atoms with Gasteiger partial charge in [0.05, 0.1) is 6.61 Å². The van der Waals surface area contributed by atoms with Gasteiger partial charge in [0.15, 0.2) is 17.3 Å². The zero-order chi connectivity index (χ0) is 20.2. The Morgan fingerprint density at radius 2 is 1.75 bits per heavy atom. The molecule has 150 valence electrons. The standard InChI is InChI=1S/C23H27BrFNO2/c1-2-3-14-26-15-6-4-5-7-16-28-22-13-10-19(17-21(22)25)23(27)18-8-11-20(24)12-9-18/h2,8-13,17,26H,1,3-7,14-16H2. The topological polar surface area (TPSA) is 38.3 Å². The molecule has 3 nitrogen and oxygen atoms in total. The minimum atomic E-state index is -0.505. The van der Waals surface area contributed by atoms with Gasteiger partial charge in [-0.05, 0) is 74.8 Å². The van der Waals surface area contributed by atoms with E-state index in [2.05, 4.69) is 27.8 Å². The Balaban J connectivity index is 1.71. The average molecular weight is 448 g/mol. The molecule has 0 unspecified atom stereocenters. The average Bonchev–Trinajstić information content (AvgIpc) is 2.70. The molecule has 1 N–H and O–H groups in total. The maximum absolute atomic E-state index is 14.3. The molecule has 0 radical (unpaired) electrons. The van der Waals surface area contributed by atoms with Gasteiger partial charge in [-0.1, -0.05) is 34.8 Å². The Morgan fingerprint density at radius 1 is 1.04 bits per heavy atom. The van der Waals surface area contributed by atoms with Crippen LogP contribution in [-0.4, -0.2) is 25.5 Å². The van der Waals surface area contributed by atoms with Crippen LogP contribution in [0.1, 0.15) is 48.0 Å². The summed E-state index contributed by atoms with van der Waals surface area (Å²) in [6, 6.07) is 11.4. The number of halogens is 2. The van der Waals surface area contributed by atoms with Crippen LogP contribution in [0, 0.1) is 5.82 Å². The molecule has 0 fully saturated rings. The molecule has 28 heavy (non-hydrogen) atoms. The third-order valence-corrected chi connectivity index (χ3v) is 4.86. The van der Waals surface area contributed by atoms with Crippen molar-refractivity contribution in [3.05, 3.63) is 76.5 Å². The van der Waals surface area contributed by atoms with Crippen molar-refractivity contribution in [2.24, 2.45) is 0 Å². The Kier molecular flexibility index (Phi) is 9.94. The van der Waals surface area contributed by atoms with Crippen LogP contribution in [0.4, 0.5) is 4.39 Å². The van der Waals surface area contributed by atoms with E-state index in [1.165, 1.54) is 12.1 Å². The molecule has 0 aromatic heterocycles. The minimum absolute atomic E-state index is 0.193. The zero-order valence-corrected chi connectivity index (χ0v) is 17.6. The first-order valence-corrected chi connectivity index (χ1v) is 10.5. The minimum Gasteiger partial charge on any atom is -0.491 e. The van der Waals surface area contributed by atoms with E-state index < -0.39 is 5.82 Å². The van der Waals surface area contributed by atoms with Gasteiger partial charge in [-0.3, -0.25) is 4.79 Å². The van der Waals surface area contributed by atoms with Gasteiger partial charge < -0.3 is 10.1 Å². The first-order chi connectivity index (χ1) is 13.6. The molecule has 0 spiro atoms. The predicted molar refractivity (Wildman–Crippen MR) is 116 cm³/mol. The maximum atomic E-state index is 14.3. The fourth-order valence-corrected chi connectivity index (χ4v) is 3.01. The fraction of sp³-hybridized carbons (Fsp3) is 0.348. The van der Waals surface area contributed by atoms with Crippen LogP contribution in [0.2, 0.25) is 0 Å². The van der Waals surface area contributed by atoms with Crippen molar-refractivity contribution in [2.75, 3.05) is 19.7 Å². The number of hydrogen-bond donors (Lipinski definition) is 1. The van der Waals surface area contributed by atoms with E-state index >= 15 is 0 Å². The number of hydrogen-bond acceptors (Lipinski definition) is 3. The lowest BCUT2D eigenvalue weighted by Gasteiger charge is -2.09. The summed E-state index contributed by atoms with van der Waals surface area (Å²) >= 11 is 3.33. The largest absolute Gasteiger partial charge is 0.491 e. The molecule has 0 aliphatic carbocycles. The molecule has 2 aromatic carbocycles. The van der Waals surface area contributed by atoms with E-state index in [1.807, 2.05) is 6.08 Å². The molecular weight excluding hydrogens is 421 g/mol. The molecule has 5 heteroatoms. The van der Waals surface area contributed by atoms with Crippen molar-refractivity contribution in [3.63, 3.8) is 0 Å². The Labute approximate surface area is 175 Å². The van der Waals surface area contributed by atoms with Gasteiger partial charge in [-0.25, -0.2) is 4.39 Å². The monoisotopic (exact) mass is 447 g/mol. The van der Waals surface area contributed by atoms with Crippen molar-refractivity contribution in [1.29, 1.82) is 0 Å². The quantitative estimate of drug-likeness (QED) is 0.235. The molecule has 0 heterocycles.